The summed E-state index contributed by atoms with van der Waals surface area (Å²) in [5.74, 6) is -1.07. The number of rotatable bonds is 5. The highest BCUT2D eigenvalue weighted by Crippen LogP contribution is 2.18. The molecule has 2 amide bonds. The molecular weight excluding hydrogens is 332 g/mol. The van der Waals surface area contributed by atoms with Gasteiger partial charge in [-0.2, -0.15) is 0 Å². The van der Waals surface area contributed by atoms with Crippen molar-refractivity contribution in [2.75, 3.05) is 19.5 Å². The Bertz CT molecular complexity index is 855. The molecule has 6 nitrogen and oxygen atoms in total. The van der Waals surface area contributed by atoms with Crippen LogP contribution < -0.4 is 10.6 Å². The number of methoxy groups -OCH3 is 1. The number of carbonyl (C=O) groups is 3. The van der Waals surface area contributed by atoms with E-state index in [1.807, 2.05) is 6.92 Å². The fraction of sp³-hybridized carbons (Fsp3) is 0.150. The number of esters is 1. The number of carbonyl (C=O) groups excluding carboxylic acids is 3. The largest absolute Gasteiger partial charge is 0.465 e. The van der Waals surface area contributed by atoms with Crippen LogP contribution in [0.25, 0.3) is 6.08 Å². The van der Waals surface area contributed by atoms with E-state index in [2.05, 4.69) is 10.6 Å². The van der Waals surface area contributed by atoms with E-state index in [9.17, 15) is 14.4 Å². The van der Waals surface area contributed by atoms with Crippen molar-refractivity contribution < 1.29 is 19.1 Å². The van der Waals surface area contributed by atoms with Crippen molar-refractivity contribution in [3.63, 3.8) is 0 Å². The normalized spacial score (nSPS) is 10.4. The van der Waals surface area contributed by atoms with Crippen LogP contribution in [0.5, 0.6) is 0 Å². The predicted molar refractivity (Wildman–Crippen MR) is 100 cm³/mol. The average Bonchev–Trinajstić information content (AvgIpc) is 2.66. The Hall–Kier alpha value is -3.41. The summed E-state index contributed by atoms with van der Waals surface area (Å²) in [5, 5.41) is 5.21. The zero-order chi connectivity index (χ0) is 19.1. The van der Waals surface area contributed by atoms with Gasteiger partial charge in [-0.05, 0) is 42.8 Å². The minimum absolute atomic E-state index is 0.173. The highest BCUT2D eigenvalue weighted by atomic mass is 16.5. The van der Waals surface area contributed by atoms with Gasteiger partial charge in [-0.15, -0.1) is 0 Å². The van der Waals surface area contributed by atoms with Crippen LogP contribution in [0.2, 0.25) is 0 Å². The molecule has 0 saturated carbocycles. The second-order valence-electron chi connectivity index (χ2n) is 5.56. The van der Waals surface area contributed by atoms with Crippen molar-refractivity contribution in [3.8, 4) is 0 Å². The highest BCUT2D eigenvalue weighted by molar-refractivity contribution is 6.06. The van der Waals surface area contributed by atoms with Crippen molar-refractivity contribution in [1.82, 2.24) is 5.32 Å². The lowest BCUT2D eigenvalue weighted by Gasteiger charge is -2.09. The van der Waals surface area contributed by atoms with E-state index in [0.29, 0.717) is 16.8 Å². The van der Waals surface area contributed by atoms with Gasteiger partial charge in [-0.25, -0.2) is 4.79 Å². The summed E-state index contributed by atoms with van der Waals surface area (Å²) >= 11 is 0. The number of nitrogens with one attached hydrogen (secondary N) is 2. The Kier molecular flexibility index (Phi) is 6.27. The van der Waals surface area contributed by atoms with Gasteiger partial charge in [-0.1, -0.05) is 23.8 Å². The van der Waals surface area contributed by atoms with Crippen molar-refractivity contribution in [3.05, 3.63) is 70.8 Å². The van der Waals surface area contributed by atoms with Gasteiger partial charge in [0.15, 0.2) is 0 Å². The van der Waals surface area contributed by atoms with Crippen molar-refractivity contribution in [1.29, 1.82) is 0 Å². The van der Waals surface area contributed by atoms with Gasteiger partial charge in [0, 0.05) is 18.7 Å². The summed E-state index contributed by atoms with van der Waals surface area (Å²) in [6.07, 6.45) is 2.98. The summed E-state index contributed by atoms with van der Waals surface area (Å²) in [6.45, 7) is 1.85. The fourth-order valence-corrected chi connectivity index (χ4v) is 2.28. The minimum Gasteiger partial charge on any atom is -0.465 e. The summed E-state index contributed by atoms with van der Waals surface area (Å²) in [7, 11) is 2.85. The Morgan fingerprint density at radius 1 is 1.04 bits per heavy atom. The van der Waals surface area contributed by atoms with Crippen LogP contribution in [0.3, 0.4) is 0 Å². The maximum absolute atomic E-state index is 12.1. The van der Waals surface area contributed by atoms with Crippen LogP contribution in [-0.4, -0.2) is 31.9 Å². The van der Waals surface area contributed by atoms with Gasteiger partial charge in [0.25, 0.3) is 5.91 Å². The number of anilines is 1. The standard InChI is InChI=1S/C20H20N2O4/c1-13-4-10-17(16(12-13)20(25)26-3)22-18(23)11-7-14-5-8-15(9-6-14)19(24)21-2/h4-12H,1-3H3,(H,21,24)(H,22,23). The average molecular weight is 352 g/mol. The zero-order valence-electron chi connectivity index (χ0n) is 14.8. The Morgan fingerprint density at radius 2 is 1.73 bits per heavy atom. The van der Waals surface area contributed by atoms with Crippen molar-refractivity contribution in [2.24, 2.45) is 0 Å². The third-order valence-corrected chi connectivity index (χ3v) is 3.67. The van der Waals surface area contributed by atoms with Gasteiger partial charge in [0.05, 0.1) is 18.4 Å². The number of amides is 2. The molecule has 2 aromatic carbocycles. The number of hydrogen-bond donors (Lipinski definition) is 2. The number of aryl methyl sites for hydroxylation is 1. The molecule has 0 bridgehead atoms. The molecular formula is C20H20N2O4. The first-order valence-electron chi connectivity index (χ1n) is 7.94. The predicted octanol–water partition coefficient (Wildman–Crippen LogP) is 2.79. The van der Waals surface area contributed by atoms with Crippen LogP contribution in [0.1, 0.15) is 31.8 Å². The molecule has 6 heteroatoms. The molecule has 0 aliphatic rings. The smallest absolute Gasteiger partial charge is 0.339 e. The van der Waals surface area contributed by atoms with Crippen molar-refractivity contribution in [2.45, 2.75) is 6.92 Å². The second-order valence-corrected chi connectivity index (χ2v) is 5.56. The maximum atomic E-state index is 12.1. The van der Waals surface area contributed by atoms with Crippen LogP contribution >= 0.6 is 0 Å². The fourth-order valence-electron chi connectivity index (χ4n) is 2.28. The first-order chi connectivity index (χ1) is 12.4. The van der Waals surface area contributed by atoms with Gasteiger partial charge >= 0.3 is 5.97 Å². The Morgan fingerprint density at radius 3 is 2.35 bits per heavy atom. The molecule has 0 saturated heterocycles. The molecule has 134 valence electrons. The van der Waals surface area contributed by atoms with E-state index in [1.54, 1.807) is 55.6 Å². The molecule has 0 unspecified atom stereocenters. The van der Waals surface area contributed by atoms with Crippen LogP contribution in [-0.2, 0) is 9.53 Å². The third-order valence-electron chi connectivity index (χ3n) is 3.67. The van der Waals surface area contributed by atoms with E-state index in [0.717, 1.165) is 11.1 Å². The molecule has 2 rings (SSSR count). The second kappa shape index (κ2) is 8.62. The highest BCUT2D eigenvalue weighted by Gasteiger charge is 2.13. The summed E-state index contributed by atoms with van der Waals surface area (Å²) in [5.41, 5.74) is 2.87. The molecule has 2 aromatic rings. The molecule has 26 heavy (non-hydrogen) atoms. The summed E-state index contributed by atoms with van der Waals surface area (Å²) in [6, 6.07) is 11.9. The quantitative estimate of drug-likeness (QED) is 0.640. The molecule has 0 fully saturated rings. The van der Waals surface area contributed by atoms with Crippen LogP contribution in [0, 0.1) is 6.92 Å². The van der Waals surface area contributed by atoms with E-state index in [4.69, 9.17) is 4.74 Å². The van der Waals surface area contributed by atoms with Gasteiger partial charge in [0.2, 0.25) is 5.91 Å². The molecule has 0 heterocycles. The number of benzene rings is 2. The summed E-state index contributed by atoms with van der Waals surface area (Å²) in [4.78, 5) is 35.5. The SMILES string of the molecule is CNC(=O)c1ccc(C=CC(=O)Nc2ccc(C)cc2C(=O)OC)cc1. The molecule has 0 radical (unpaired) electrons. The van der Waals surface area contributed by atoms with Gasteiger partial charge in [0.1, 0.15) is 0 Å². The molecule has 0 aliphatic carbocycles. The van der Waals surface area contributed by atoms with Gasteiger partial charge in [-0.3, -0.25) is 9.59 Å². The maximum Gasteiger partial charge on any atom is 0.339 e. The van der Waals surface area contributed by atoms with E-state index in [1.165, 1.54) is 13.2 Å². The lowest BCUT2D eigenvalue weighted by molar-refractivity contribution is -0.111. The molecule has 0 atom stereocenters. The number of ether oxygens (including phenoxy) is 1. The third kappa shape index (κ3) is 4.80. The Labute approximate surface area is 151 Å². The minimum atomic E-state index is -0.516. The van der Waals surface area contributed by atoms with E-state index >= 15 is 0 Å². The van der Waals surface area contributed by atoms with Gasteiger partial charge < -0.3 is 15.4 Å². The zero-order valence-corrected chi connectivity index (χ0v) is 14.8. The van der Waals surface area contributed by atoms with E-state index in [-0.39, 0.29) is 11.8 Å². The first-order valence-corrected chi connectivity index (χ1v) is 7.94. The lowest BCUT2D eigenvalue weighted by atomic mass is 10.1. The lowest BCUT2D eigenvalue weighted by Crippen LogP contribution is -2.17. The topological polar surface area (TPSA) is 84.5 Å². The Balaban J connectivity index is 2.10. The molecule has 0 aliphatic heterocycles. The first kappa shape index (κ1) is 18.9. The molecule has 2 N–H and O–H groups in total. The monoisotopic (exact) mass is 352 g/mol. The molecule has 0 spiro atoms. The number of hydrogen-bond acceptors (Lipinski definition) is 4. The van der Waals surface area contributed by atoms with Crippen LogP contribution in [0.15, 0.2) is 48.5 Å². The van der Waals surface area contributed by atoms with Crippen LogP contribution in [0.4, 0.5) is 5.69 Å². The molecule has 0 aromatic heterocycles. The van der Waals surface area contributed by atoms with E-state index < -0.39 is 5.97 Å². The summed E-state index contributed by atoms with van der Waals surface area (Å²) < 4.78 is 4.74. The van der Waals surface area contributed by atoms with Crippen molar-refractivity contribution >= 4 is 29.5 Å².